The highest BCUT2D eigenvalue weighted by atomic mass is 16.2. The van der Waals surface area contributed by atoms with Crippen LogP contribution in [0.4, 0.5) is 0 Å². The van der Waals surface area contributed by atoms with Crippen molar-refractivity contribution in [3.8, 4) is 6.07 Å². The number of likely N-dealkylation sites (tertiary alicyclic amines) is 2. The van der Waals surface area contributed by atoms with E-state index in [1.165, 1.54) is 0 Å². The zero-order valence-corrected chi connectivity index (χ0v) is 17.8. The van der Waals surface area contributed by atoms with E-state index in [2.05, 4.69) is 16.0 Å². The molecule has 0 saturated carbocycles. The van der Waals surface area contributed by atoms with Gasteiger partial charge in [-0.2, -0.15) is 5.26 Å². The number of fused-ring (bicyclic) bond motifs is 4. The van der Waals surface area contributed by atoms with Gasteiger partial charge in [0.15, 0.2) is 0 Å². The van der Waals surface area contributed by atoms with Gasteiger partial charge in [0, 0.05) is 57.1 Å². The molecule has 31 heavy (non-hydrogen) atoms. The van der Waals surface area contributed by atoms with E-state index in [4.69, 9.17) is 5.26 Å². The lowest BCUT2D eigenvalue weighted by Crippen LogP contribution is -2.48. The maximum absolute atomic E-state index is 13.3. The summed E-state index contributed by atoms with van der Waals surface area (Å²) in [4.78, 5) is 33.6. The van der Waals surface area contributed by atoms with E-state index in [0.717, 1.165) is 76.1 Å². The molecular formula is C24H29N5O2. The summed E-state index contributed by atoms with van der Waals surface area (Å²) in [6, 6.07) is 7.83. The topological polar surface area (TPSA) is 85.1 Å². The average molecular weight is 420 g/mol. The molecule has 2 saturated heterocycles. The molecule has 0 aliphatic carbocycles. The van der Waals surface area contributed by atoms with Crippen LogP contribution in [0.2, 0.25) is 0 Å². The number of aromatic nitrogens is 2. The molecule has 2 fully saturated rings. The van der Waals surface area contributed by atoms with Gasteiger partial charge in [-0.15, -0.1) is 0 Å². The molecule has 0 unspecified atom stereocenters. The molecule has 3 aliphatic heterocycles. The van der Waals surface area contributed by atoms with E-state index in [1.54, 1.807) is 6.07 Å². The van der Waals surface area contributed by atoms with Crippen molar-refractivity contribution >= 4 is 5.91 Å². The third-order valence-electron chi connectivity index (χ3n) is 7.07. The van der Waals surface area contributed by atoms with Crippen molar-refractivity contribution in [3.63, 3.8) is 0 Å². The number of H-pyrrole nitrogens is 1. The maximum atomic E-state index is 13.3. The van der Waals surface area contributed by atoms with Crippen molar-refractivity contribution in [1.29, 1.82) is 5.26 Å². The number of amides is 1. The molecule has 0 aromatic carbocycles. The molecule has 1 amide bonds. The Morgan fingerprint density at radius 2 is 1.94 bits per heavy atom. The Bertz CT molecular complexity index is 1070. The predicted molar refractivity (Wildman–Crippen MR) is 117 cm³/mol. The maximum Gasteiger partial charge on any atom is 0.263 e. The molecule has 2 bridgehead atoms. The number of hydrogen-bond donors (Lipinski definition) is 1. The van der Waals surface area contributed by atoms with Gasteiger partial charge in [-0.05, 0) is 48.9 Å². The van der Waals surface area contributed by atoms with Gasteiger partial charge in [-0.25, -0.2) is 0 Å². The summed E-state index contributed by atoms with van der Waals surface area (Å²) in [6.07, 6.45) is 7.36. The summed E-state index contributed by atoms with van der Waals surface area (Å²) in [5.74, 6) is 0.610. The molecule has 2 aromatic rings. The Balaban J connectivity index is 1.35. The van der Waals surface area contributed by atoms with Gasteiger partial charge >= 0.3 is 0 Å². The van der Waals surface area contributed by atoms with Crippen LogP contribution in [0, 0.1) is 17.2 Å². The molecule has 0 spiro atoms. The number of nitrogens with zero attached hydrogens (tertiary/aromatic N) is 4. The number of carbonyl (C=O) groups excluding carboxylic acids is 1. The zero-order chi connectivity index (χ0) is 21.4. The Morgan fingerprint density at radius 3 is 2.68 bits per heavy atom. The first-order valence-corrected chi connectivity index (χ1v) is 11.4. The van der Waals surface area contributed by atoms with E-state index in [9.17, 15) is 9.59 Å². The lowest BCUT2D eigenvalue weighted by molar-refractivity contribution is 0.0756. The van der Waals surface area contributed by atoms with Gasteiger partial charge in [0.25, 0.3) is 11.5 Å². The average Bonchev–Trinajstić information content (AvgIpc) is 3.04. The van der Waals surface area contributed by atoms with E-state index in [-0.39, 0.29) is 11.5 Å². The number of aromatic amines is 1. The Labute approximate surface area is 182 Å². The smallest absolute Gasteiger partial charge is 0.263 e. The Kier molecular flexibility index (Phi) is 5.41. The summed E-state index contributed by atoms with van der Waals surface area (Å²) in [5, 5.41) is 9.03. The third-order valence-corrected chi connectivity index (χ3v) is 7.07. The second kappa shape index (κ2) is 8.35. The Hall–Kier alpha value is -2.85. The number of piperidine rings is 1. The molecule has 7 heteroatoms. The minimum atomic E-state index is -0.112. The number of rotatable bonds is 3. The normalized spacial score (nSPS) is 23.6. The molecular weight excluding hydrogens is 390 g/mol. The first-order chi connectivity index (χ1) is 15.1. The summed E-state index contributed by atoms with van der Waals surface area (Å²) in [7, 11) is 0. The minimum Gasteiger partial charge on any atom is -0.353 e. The van der Waals surface area contributed by atoms with Gasteiger partial charge in [-0.3, -0.25) is 14.5 Å². The summed E-state index contributed by atoms with van der Waals surface area (Å²) in [6.45, 7) is 4.82. The number of nitrogens with one attached hydrogen (secondary N) is 1. The fourth-order valence-corrected chi connectivity index (χ4v) is 5.63. The monoisotopic (exact) mass is 419 g/mol. The molecule has 7 nitrogen and oxygen atoms in total. The number of pyridine rings is 1. The highest BCUT2D eigenvalue weighted by Gasteiger charge is 2.35. The van der Waals surface area contributed by atoms with Crippen molar-refractivity contribution < 1.29 is 4.79 Å². The van der Waals surface area contributed by atoms with Gasteiger partial charge < -0.3 is 14.5 Å². The van der Waals surface area contributed by atoms with E-state index >= 15 is 0 Å². The van der Waals surface area contributed by atoms with Crippen molar-refractivity contribution in [2.45, 2.75) is 51.1 Å². The lowest BCUT2D eigenvalue weighted by atomic mass is 9.83. The molecule has 5 heterocycles. The largest absolute Gasteiger partial charge is 0.353 e. The second-order valence-corrected chi connectivity index (χ2v) is 9.32. The standard InChI is InChI=1S/C24H29N5O2/c25-11-20-10-17(12-26-20)13-27-14-18-9-19(16-27)22-6-5-21(24(31)29(22)15-18)23(30)28-7-3-1-2-4-8-28/h5-6,10,12,18-19,26H,1-4,7-9,13-16H2/t18-,19+/m0/s1. The van der Waals surface area contributed by atoms with Crippen LogP contribution in [0.3, 0.4) is 0 Å². The van der Waals surface area contributed by atoms with Crippen LogP contribution in [-0.4, -0.2) is 51.4 Å². The minimum absolute atomic E-state index is 0.0969. The molecule has 5 rings (SSSR count). The van der Waals surface area contributed by atoms with E-state index in [0.29, 0.717) is 29.6 Å². The molecule has 1 N–H and O–H groups in total. The van der Waals surface area contributed by atoms with Gasteiger partial charge in [0.1, 0.15) is 17.3 Å². The van der Waals surface area contributed by atoms with Gasteiger partial charge in [0.05, 0.1) is 0 Å². The first-order valence-electron chi connectivity index (χ1n) is 11.4. The van der Waals surface area contributed by atoms with E-state index < -0.39 is 0 Å². The van der Waals surface area contributed by atoms with Crippen molar-refractivity contribution in [2.24, 2.45) is 5.92 Å². The van der Waals surface area contributed by atoms with Crippen molar-refractivity contribution in [2.75, 3.05) is 26.2 Å². The van der Waals surface area contributed by atoms with Crippen LogP contribution in [-0.2, 0) is 13.1 Å². The van der Waals surface area contributed by atoms with Crippen LogP contribution in [0.1, 0.15) is 65.3 Å². The zero-order valence-electron chi connectivity index (χ0n) is 17.8. The molecule has 2 atom stereocenters. The fourth-order valence-electron chi connectivity index (χ4n) is 5.63. The molecule has 0 radical (unpaired) electrons. The van der Waals surface area contributed by atoms with Crippen molar-refractivity contribution in [1.82, 2.24) is 19.4 Å². The third kappa shape index (κ3) is 3.92. The summed E-state index contributed by atoms with van der Waals surface area (Å²) in [5.41, 5.74) is 2.99. The van der Waals surface area contributed by atoms with Crippen LogP contribution < -0.4 is 5.56 Å². The number of nitriles is 1. The highest BCUT2D eigenvalue weighted by Crippen LogP contribution is 2.35. The lowest BCUT2D eigenvalue weighted by Gasteiger charge is -2.43. The predicted octanol–water partition coefficient (Wildman–Crippen LogP) is 2.68. The van der Waals surface area contributed by atoms with Crippen LogP contribution in [0.25, 0.3) is 0 Å². The highest BCUT2D eigenvalue weighted by molar-refractivity contribution is 5.93. The van der Waals surface area contributed by atoms with Crippen LogP contribution in [0.5, 0.6) is 0 Å². The number of carbonyl (C=O) groups is 1. The fraction of sp³-hybridized carbons (Fsp3) is 0.542. The van der Waals surface area contributed by atoms with Crippen LogP contribution >= 0.6 is 0 Å². The summed E-state index contributed by atoms with van der Waals surface area (Å²) >= 11 is 0. The molecule has 3 aliphatic rings. The van der Waals surface area contributed by atoms with Crippen molar-refractivity contribution in [3.05, 3.63) is 57.3 Å². The quantitative estimate of drug-likeness (QED) is 0.829. The molecule has 2 aromatic heterocycles. The SMILES string of the molecule is N#Cc1cc(CN2C[C@@H]3C[C@H](C2)c2ccc(C(=O)N4CCCCCC4)c(=O)n2C3)c[nH]1. The molecule has 162 valence electrons. The van der Waals surface area contributed by atoms with Gasteiger partial charge in [0.2, 0.25) is 0 Å². The first kappa shape index (κ1) is 20.1. The van der Waals surface area contributed by atoms with E-state index in [1.807, 2.05) is 27.8 Å². The summed E-state index contributed by atoms with van der Waals surface area (Å²) < 4.78 is 1.88. The van der Waals surface area contributed by atoms with Crippen LogP contribution in [0.15, 0.2) is 29.2 Å². The van der Waals surface area contributed by atoms with Gasteiger partial charge in [-0.1, -0.05) is 12.8 Å². The number of hydrogen-bond acceptors (Lipinski definition) is 4. The Morgan fingerprint density at radius 1 is 1.13 bits per heavy atom. The second-order valence-electron chi connectivity index (χ2n) is 9.32.